The van der Waals surface area contributed by atoms with Crippen molar-refractivity contribution in [2.75, 3.05) is 13.1 Å². The molecule has 0 aliphatic heterocycles. The van der Waals surface area contributed by atoms with Crippen LogP contribution in [-0.2, 0) is 17.9 Å². The van der Waals surface area contributed by atoms with Crippen LogP contribution in [-0.4, -0.2) is 34.7 Å². The predicted molar refractivity (Wildman–Crippen MR) is 124 cm³/mol. The summed E-state index contributed by atoms with van der Waals surface area (Å²) in [7, 11) is 0. The van der Waals surface area contributed by atoms with Crippen LogP contribution in [0.15, 0.2) is 59.2 Å². The van der Waals surface area contributed by atoms with Crippen molar-refractivity contribution in [2.45, 2.75) is 40.3 Å². The van der Waals surface area contributed by atoms with Gasteiger partial charge in [-0.1, -0.05) is 32.4 Å². The number of amides is 2. The predicted octanol–water partition coefficient (Wildman–Crippen LogP) is 5.51. The van der Waals surface area contributed by atoms with Crippen LogP contribution in [0.5, 0.6) is 0 Å². The molecule has 2 amide bonds. The van der Waals surface area contributed by atoms with E-state index in [0.717, 1.165) is 16.9 Å². The maximum Gasteiger partial charge on any atom is 0.290 e. The Morgan fingerprint density at radius 3 is 2.41 bits per heavy atom. The summed E-state index contributed by atoms with van der Waals surface area (Å²) in [5.41, 5.74) is 0.832. The first-order chi connectivity index (χ1) is 15.4. The lowest BCUT2D eigenvalue weighted by molar-refractivity contribution is -0.133. The van der Waals surface area contributed by atoms with Gasteiger partial charge in [0.15, 0.2) is 5.76 Å². The smallest absolute Gasteiger partial charge is 0.290 e. The SMILES string of the molecule is CC[C@@H](C)CN(CC(=O)N(Cc1ccc(F)cc1)Cc1ccc(C)s1)C(=O)c1ccco1. The van der Waals surface area contributed by atoms with E-state index in [1.807, 2.05) is 19.1 Å². The molecule has 0 radical (unpaired) electrons. The summed E-state index contributed by atoms with van der Waals surface area (Å²) in [4.78, 5) is 31.9. The van der Waals surface area contributed by atoms with Crippen LogP contribution in [0.25, 0.3) is 0 Å². The Kier molecular flexibility index (Phi) is 8.22. The molecule has 0 aliphatic carbocycles. The van der Waals surface area contributed by atoms with Crippen molar-refractivity contribution < 1.29 is 18.4 Å². The van der Waals surface area contributed by atoms with E-state index in [9.17, 15) is 14.0 Å². The van der Waals surface area contributed by atoms with Crippen molar-refractivity contribution >= 4 is 23.2 Å². The number of rotatable bonds is 10. The molecule has 1 aromatic carbocycles. The van der Waals surface area contributed by atoms with Gasteiger partial charge >= 0.3 is 0 Å². The van der Waals surface area contributed by atoms with E-state index >= 15 is 0 Å². The highest BCUT2D eigenvalue weighted by Crippen LogP contribution is 2.20. The fraction of sp³-hybridized carbons (Fsp3) is 0.360. The average molecular weight is 457 g/mol. The third-order valence-corrected chi connectivity index (χ3v) is 6.34. The maximum absolute atomic E-state index is 13.4. The first-order valence-electron chi connectivity index (χ1n) is 10.8. The number of hydrogen-bond acceptors (Lipinski definition) is 4. The van der Waals surface area contributed by atoms with Crippen molar-refractivity contribution in [3.63, 3.8) is 0 Å². The molecule has 2 heterocycles. The van der Waals surface area contributed by atoms with Crippen LogP contribution in [0.3, 0.4) is 0 Å². The summed E-state index contributed by atoms with van der Waals surface area (Å²) in [5.74, 6) is -0.308. The minimum Gasteiger partial charge on any atom is -0.459 e. The van der Waals surface area contributed by atoms with Gasteiger partial charge in [0.05, 0.1) is 12.8 Å². The first kappa shape index (κ1) is 23.7. The summed E-state index contributed by atoms with van der Waals surface area (Å²) in [6.07, 6.45) is 2.35. The first-order valence-corrected chi connectivity index (χ1v) is 11.6. The van der Waals surface area contributed by atoms with Gasteiger partial charge in [0.25, 0.3) is 5.91 Å². The summed E-state index contributed by atoms with van der Waals surface area (Å²) in [6.45, 7) is 7.32. The number of thiophene rings is 1. The zero-order chi connectivity index (χ0) is 23.1. The van der Waals surface area contributed by atoms with Gasteiger partial charge in [-0.15, -0.1) is 11.3 Å². The van der Waals surface area contributed by atoms with E-state index in [1.54, 1.807) is 45.4 Å². The molecule has 0 saturated carbocycles. The number of furan rings is 1. The van der Waals surface area contributed by atoms with Gasteiger partial charge in [-0.05, 0) is 54.8 Å². The lowest BCUT2D eigenvalue weighted by Crippen LogP contribution is -2.44. The molecule has 0 fully saturated rings. The van der Waals surface area contributed by atoms with Gasteiger partial charge in [0.1, 0.15) is 12.4 Å². The molecule has 5 nitrogen and oxygen atoms in total. The Bertz CT molecular complexity index is 1010. The highest BCUT2D eigenvalue weighted by Gasteiger charge is 2.25. The fourth-order valence-electron chi connectivity index (χ4n) is 3.34. The van der Waals surface area contributed by atoms with Crippen LogP contribution in [0, 0.1) is 18.7 Å². The molecule has 7 heteroatoms. The maximum atomic E-state index is 13.4. The number of halogens is 1. The third-order valence-electron chi connectivity index (χ3n) is 5.36. The molecular weight excluding hydrogens is 427 g/mol. The Balaban J connectivity index is 1.81. The van der Waals surface area contributed by atoms with Gasteiger partial charge in [-0.3, -0.25) is 9.59 Å². The van der Waals surface area contributed by atoms with Crippen LogP contribution < -0.4 is 0 Å². The lowest BCUT2D eigenvalue weighted by Gasteiger charge is -2.28. The molecule has 0 spiro atoms. The van der Waals surface area contributed by atoms with Gasteiger partial charge in [0.2, 0.25) is 5.91 Å². The molecule has 32 heavy (non-hydrogen) atoms. The fourth-order valence-corrected chi connectivity index (χ4v) is 4.25. The second-order valence-corrected chi connectivity index (χ2v) is 9.44. The minimum absolute atomic E-state index is 0.0462. The average Bonchev–Trinajstić information content (AvgIpc) is 3.45. The molecule has 3 aromatic rings. The van der Waals surface area contributed by atoms with Crippen LogP contribution in [0.1, 0.15) is 46.1 Å². The van der Waals surface area contributed by atoms with Crippen molar-refractivity contribution in [1.29, 1.82) is 0 Å². The molecule has 0 N–H and O–H groups in total. The van der Waals surface area contributed by atoms with E-state index in [-0.39, 0.29) is 35.9 Å². The van der Waals surface area contributed by atoms with Gasteiger partial charge in [-0.25, -0.2) is 4.39 Å². The van der Waals surface area contributed by atoms with Crippen LogP contribution in [0.2, 0.25) is 0 Å². The third kappa shape index (κ3) is 6.53. The summed E-state index contributed by atoms with van der Waals surface area (Å²) < 4.78 is 18.6. The highest BCUT2D eigenvalue weighted by atomic mass is 32.1. The van der Waals surface area contributed by atoms with Gasteiger partial charge in [-0.2, -0.15) is 0 Å². The molecule has 170 valence electrons. The number of carbonyl (C=O) groups is 2. The minimum atomic E-state index is -0.315. The van der Waals surface area contributed by atoms with Crippen molar-refractivity contribution in [2.24, 2.45) is 5.92 Å². The van der Waals surface area contributed by atoms with Gasteiger partial charge < -0.3 is 14.2 Å². The number of benzene rings is 1. The number of carbonyl (C=O) groups excluding carboxylic acids is 2. The Morgan fingerprint density at radius 1 is 1.06 bits per heavy atom. The monoisotopic (exact) mass is 456 g/mol. The Morgan fingerprint density at radius 2 is 1.81 bits per heavy atom. The molecular formula is C25H29FN2O3S. The van der Waals surface area contributed by atoms with Crippen LogP contribution in [0.4, 0.5) is 4.39 Å². The normalized spacial score (nSPS) is 11.9. The molecule has 0 bridgehead atoms. The van der Waals surface area contributed by atoms with E-state index in [2.05, 4.69) is 13.8 Å². The number of nitrogens with zero attached hydrogens (tertiary/aromatic N) is 2. The van der Waals surface area contributed by atoms with Crippen molar-refractivity contribution in [3.8, 4) is 0 Å². The number of aryl methyl sites for hydroxylation is 1. The Hall–Kier alpha value is -2.93. The zero-order valence-corrected chi connectivity index (χ0v) is 19.5. The van der Waals surface area contributed by atoms with Crippen LogP contribution >= 0.6 is 11.3 Å². The van der Waals surface area contributed by atoms with Crippen molar-refractivity contribution in [1.82, 2.24) is 9.80 Å². The molecule has 2 aromatic heterocycles. The topological polar surface area (TPSA) is 53.8 Å². The van der Waals surface area contributed by atoms with E-state index in [0.29, 0.717) is 19.6 Å². The summed E-state index contributed by atoms with van der Waals surface area (Å²) in [6, 6.07) is 13.5. The lowest BCUT2D eigenvalue weighted by atomic mass is 10.1. The quantitative estimate of drug-likeness (QED) is 0.404. The van der Waals surface area contributed by atoms with E-state index in [1.165, 1.54) is 23.3 Å². The second-order valence-electron chi connectivity index (χ2n) is 8.07. The summed E-state index contributed by atoms with van der Waals surface area (Å²) in [5, 5.41) is 0. The Labute approximate surface area is 192 Å². The molecule has 0 unspecified atom stereocenters. The van der Waals surface area contributed by atoms with Crippen molar-refractivity contribution in [3.05, 3.63) is 81.7 Å². The standard InChI is InChI=1S/C25H29FN2O3S/c1-4-18(2)14-28(25(30)23-6-5-13-31-23)17-24(29)27(16-22-12-7-19(3)32-22)15-20-8-10-21(26)11-9-20/h5-13,18H,4,14-17H2,1-3H3/t18-/m1/s1. The van der Waals surface area contributed by atoms with Gasteiger partial charge in [0, 0.05) is 22.8 Å². The molecule has 0 aliphatic rings. The highest BCUT2D eigenvalue weighted by molar-refractivity contribution is 7.11. The molecule has 0 saturated heterocycles. The summed E-state index contributed by atoms with van der Waals surface area (Å²) >= 11 is 1.63. The molecule has 3 rings (SSSR count). The van der Waals surface area contributed by atoms with E-state index in [4.69, 9.17) is 4.42 Å². The molecule has 1 atom stereocenters. The largest absolute Gasteiger partial charge is 0.459 e. The number of hydrogen-bond donors (Lipinski definition) is 0. The second kappa shape index (κ2) is 11.1. The zero-order valence-electron chi connectivity index (χ0n) is 18.7. The van der Waals surface area contributed by atoms with E-state index < -0.39 is 0 Å².